The van der Waals surface area contributed by atoms with Crippen molar-refractivity contribution in [2.45, 2.75) is 16.3 Å². The van der Waals surface area contributed by atoms with Gasteiger partial charge in [-0.15, -0.1) is 0 Å². The van der Waals surface area contributed by atoms with E-state index in [2.05, 4.69) is 25.6 Å². The number of aromatic amines is 1. The van der Waals surface area contributed by atoms with E-state index in [9.17, 15) is 14.4 Å². The number of hydrogen-bond acceptors (Lipinski definition) is 8. The Hall–Kier alpha value is -4.16. The molecule has 12 heteroatoms. The fourth-order valence-corrected chi connectivity index (χ4v) is 4.85. The van der Waals surface area contributed by atoms with E-state index in [4.69, 9.17) is 9.84 Å². The van der Waals surface area contributed by atoms with Crippen LogP contribution in [0, 0.1) is 6.92 Å². The Morgan fingerprint density at radius 2 is 1.86 bits per heavy atom. The van der Waals surface area contributed by atoms with Gasteiger partial charge in [0.2, 0.25) is 0 Å². The summed E-state index contributed by atoms with van der Waals surface area (Å²) in [5, 5.41) is 15.0. The predicted octanol–water partition coefficient (Wildman–Crippen LogP) is 4.91. The summed E-state index contributed by atoms with van der Waals surface area (Å²) in [4.78, 5) is 47.7. The van der Waals surface area contributed by atoms with Crippen LogP contribution in [-0.4, -0.2) is 45.0 Å². The number of carboxylic acid groups (broad SMARTS) is 1. The average Bonchev–Trinajstić information content (AvgIpc) is 3.49. The second-order valence-electron chi connectivity index (χ2n) is 7.15. The van der Waals surface area contributed by atoms with Crippen LogP contribution in [-0.2, 0) is 0 Å². The number of rotatable bonds is 8. The highest BCUT2D eigenvalue weighted by Gasteiger charge is 2.19. The molecule has 2 heterocycles. The van der Waals surface area contributed by atoms with Gasteiger partial charge in [-0.2, -0.15) is 0 Å². The van der Waals surface area contributed by atoms with E-state index in [1.165, 1.54) is 42.6 Å². The van der Waals surface area contributed by atoms with Crippen molar-refractivity contribution >= 4 is 51.7 Å². The summed E-state index contributed by atoms with van der Waals surface area (Å²) in [6.45, 7) is 1.86. The minimum Gasteiger partial charge on any atom is -0.496 e. The highest BCUT2D eigenvalue weighted by atomic mass is 32.2. The summed E-state index contributed by atoms with van der Waals surface area (Å²) >= 11 is 2.37. The SMILES string of the molecule is COc1ccccc1C(=O)c1cc(C)ccc1NC(=O)Nc1ncc(Sc2ncc(C(=O)O)[nH]2)s1. The molecule has 0 spiro atoms. The van der Waals surface area contributed by atoms with E-state index in [0.29, 0.717) is 37.1 Å². The summed E-state index contributed by atoms with van der Waals surface area (Å²) in [6.07, 6.45) is 2.76. The van der Waals surface area contributed by atoms with Crippen LogP contribution >= 0.6 is 23.1 Å². The number of aryl methyl sites for hydroxylation is 1. The molecule has 2 amide bonds. The van der Waals surface area contributed by atoms with Gasteiger partial charge in [-0.3, -0.25) is 10.1 Å². The number of imidazole rings is 1. The van der Waals surface area contributed by atoms with Gasteiger partial charge in [-0.1, -0.05) is 35.1 Å². The molecular weight excluding hydrogens is 490 g/mol. The lowest BCUT2D eigenvalue weighted by atomic mass is 9.99. The fraction of sp³-hybridized carbons (Fsp3) is 0.0870. The minimum absolute atomic E-state index is 0.0219. The standard InChI is InChI=1S/C23H19N5O5S2/c1-12-7-8-15(14(9-12)19(29)13-5-3-4-6-17(13)33-2)26-21(32)28-23-25-11-18(35-23)34-22-24-10-16(27-22)20(30)31/h3-11H,1-2H3,(H,24,27)(H,30,31)(H2,25,26,28,32). The molecule has 0 atom stereocenters. The van der Waals surface area contributed by atoms with Gasteiger partial charge in [-0.05, 0) is 43.0 Å². The molecule has 0 radical (unpaired) electrons. The molecule has 0 fully saturated rings. The molecule has 2 aromatic heterocycles. The summed E-state index contributed by atoms with van der Waals surface area (Å²) in [5.41, 5.74) is 1.89. The van der Waals surface area contributed by atoms with Gasteiger partial charge in [0.25, 0.3) is 0 Å². The van der Waals surface area contributed by atoms with Crippen molar-refractivity contribution in [1.29, 1.82) is 0 Å². The van der Waals surface area contributed by atoms with Crippen molar-refractivity contribution in [2.75, 3.05) is 17.7 Å². The number of H-pyrrole nitrogens is 1. The van der Waals surface area contributed by atoms with E-state index in [0.717, 1.165) is 5.56 Å². The summed E-state index contributed by atoms with van der Waals surface area (Å²) < 4.78 is 6.00. The van der Waals surface area contributed by atoms with Crippen LogP contribution in [0.2, 0.25) is 0 Å². The smallest absolute Gasteiger partial charge is 0.353 e. The number of ketones is 1. The van der Waals surface area contributed by atoms with E-state index >= 15 is 0 Å². The molecule has 0 aliphatic rings. The molecule has 0 unspecified atom stereocenters. The Morgan fingerprint density at radius 3 is 2.60 bits per heavy atom. The maximum Gasteiger partial charge on any atom is 0.353 e. The molecule has 2 aromatic carbocycles. The molecule has 35 heavy (non-hydrogen) atoms. The van der Waals surface area contributed by atoms with Crippen LogP contribution in [0.15, 0.2) is 64.2 Å². The molecule has 0 saturated heterocycles. The third-order valence-electron chi connectivity index (χ3n) is 4.70. The number of aromatic carboxylic acids is 1. The lowest BCUT2D eigenvalue weighted by molar-refractivity contribution is 0.0690. The van der Waals surface area contributed by atoms with Gasteiger partial charge in [0.15, 0.2) is 16.1 Å². The molecule has 4 N–H and O–H groups in total. The monoisotopic (exact) mass is 509 g/mol. The maximum absolute atomic E-state index is 13.2. The first-order valence-electron chi connectivity index (χ1n) is 10.1. The van der Waals surface area contributed by atoms with Gasteiger partial charge < -0.3 is 20.1 Å². The van der Waals surface area contributed by atoms with Crippen LogP contribution < -0.4 is 15.4 Å². The number of carboxylic acids is 1. The number of anilines is 2. The zero-order chi connectivity index (χ0) is 24.9. The van der Waals surface area contributed by atoms with Crippen molar-refractivity contribution in [3.8, 4) is 5.75 Å². The second kappa shape index (κ2) is 10.4. The third-order valence-corrected chi connectivity index (χ3v) is 6.62. The van der Waals surface area contributed by atoms with Crippen molar-refractivity contribution in [2.24, 2.45) is 0 Å². The molecular formula is C23H19N5O5S2. The topological polar surface area (TPSA) is 146 Å². The molecule has 0 aliphatic carbocycles. The number of aromatic nitrogens is 3. The number of methoxy groups -OCH3 is 1. The highest BCUT2D eigenvalue weighted by molar-refractivity contribution is 8.01. The Morgan fingerprint density at radius 1 is 1.06 bits per heavy atom. The molecule has 10 nitrogen and oxygen atoms in total. The second-order valence-corrected chi connectivity index (χ2v) is 9.47. The number of thiazole rings is 1. The Labute approximate surface area is 207 Å². The van der Waals surface area contributed by atoms with E-state index in [-0.39, 0.29) is 11.5 Å². The number of carbonyl (C=O) groups is 3. The maximum atomic E-state index is 13.2. The molecule has 0 aliphatic heterocycles. The van der Waals surface area contributed by atoms with Gasteiger partial charge in [0.05, 0.1) is 35.0 Å². The van der Waals surface area contributed by atoms with Gasteiger partial charge in [0, 0.05) is 5.56 Å². The first-order chi connectivity index (χ1) is 16.8. The zero-order valence-corrected chi connectivity index (χ0v) is 20.1. The number of carbonyl (C=O) groups excluding carboxylic acids is 2. The van der Waals surface area contributed by atoms with Crippen LogP contribution in [0.25, 0.3) is 0 Å². The van der Waals surface area contributed by atoms with Gasteiger partial charge >= 0.3 is 12.0 Å². The number of urea groups is 1. The normalized spacial score (nSPS) is 10.6. The van der Waals surface area contributed by atoms with Crippen LogP contribution in [0.3, 0.4) is 0 Å². The minimum atomic E-state index is -1.10. The van der Waals surface area contributed by atoms with Crippen molar-refractivity contribution in [3.63, 3.8) is 0 Å². The highest BCUT2D eigenvalue weighted by Crippen LogP contribution is 2.32. The van der Waals surface area contributed by atoms with Crippen molar-refractivity contribution < 1.29 is 24.2 Å². The number of amides is 2. The van der Waals surface area contributed by atoms with Crippen molar-refractivity contribution in [3.05, 3.63) is 77.2 Å². The zero-order valence-electron chi connectivity index (χ0n) is 18.5. The summed E-state index contributed by atoms with van der Waals surface area (Å²) in [6, 6.07) is 11.5. The Kier molecular flexibility index (Phi) is 7.13. The summed E-state index contributed by atoms with van der Waals surface area (Å²) in [5.74, 6) is -0.949. The van der Waals surface area contributed by atoms with Gasteiger partial charge in [-0.25, -0.2) is 19.6 Å². The number of benzene rings is 2. The molecule has 4 rings (SSSR count). The number of nitrogens with zero attached hydrogens (tertiary/aromatic N) is 2. The number of para-hydroxylation sites is 1. The van der Waals surface area contributed by atoms with Crippen molar-refractivity contribution in [1.82, 2.24) is 15.0 Å². The molecule has 0 saturated carbocycles. The Balaban J connectivity index is 1.47. The number of nitrogens with one attached hydrogen (secondary N) is 3. The van der Waals surface area contributed by atoms with E-state index in [1.807, 2.05) is 6.92 Å². The number of ether oxygens (including phenoxy) is 1. The lowest BCUT2D eigenvalue weighted by Gasteiger charge is -2.13. The van der Waals surface area contributed by atoms with Crippen LogP contribution in [0.5, 0.6) is 5.75 Å². The van der Waals surface area contributed by atoms with E-state index < -0.39 is 12.0 Å². The largest absolute Gasteiger partial charge is 0.496 e. The quantitative estimate of drug-likeness (QED) is 0.245. The Bertz CT molecular complexity index is 1410. The molecule has 0 bridgehead atoms. The van der Waals surface area contributed by atoms with Crippen LogP contribution in [0.1, 0.15) is 32.0 Å². The van der Waals surface area contributed by atoms with Crippen LogP contribution in [0.4, 0.5) is 15.6 Å². The first kappa shape index (κ1) is 24.0. The molecule has 178 valence electrons. The average molecular weight is 510 g/mol. The third kappa shape index (κ3) is 5.67. The number of hydrogen-bond donors (Lipinski definition) is 4. The van der Waals surface area contributed by atoms with Gasteiger partial charge in [0.1, 0.15) is 11.4 Å². The van der Waals surface area contributed by atoms with E-state index in [1.54, 1.807) is 42.5 Å². The predicted molar refractivity (Wildman–Crippen MR) is 132 cm³/mol. The molecule has 4 aromatic rings. The first-order valence-corrected chi connectivity index (χ1v) is 11.8. The fourth-order valence-electron chi connectivity index (χ4n) is 3.11. The summed E-state index contributed by atoms with van der Waals surface area (Å²) in [7, 11) is 1.49. The lowest BCUT2D eigenvalue weighted by Crippen LogP contribution is -2.21.